The van der Waals surface area contributed by atoms with E-state index in [1.807, 2.05) is 35.0 Å². The molecule has 6 nitrogen and oxygen atoms in total. The lowest BCUT2D eigenvalue weighted by molar-refractivity contribution is 1.000. The van der Waals surface area contributed by atoms with E-state index >= 15 is 0 Å². The predicted octanol–water partition coefficient (Wildman–Crippen LogP) is 3.90. The smallest absolute Gasteiger partial charge is 0.159 e. The van der Waals surface area contributed by atoms with E-state index in [0.717, 1.165) is 34.3 Å². The quantitative estimate of drug-likeness (QED) is 0.608. The number of fused-ring (bicyclic) bond motifs is 1. The number of rotatable bonds is 3. The molecule has 122 valence electrons. The predicted molar refractivity (Wildman–Crippen MR) is 95.5 cm³/mol. The van der Waals surface area contributed by atoms with Crippen LogP contribution in [0.3, 0.4) is 0 Å². The largest absolute Gasteiger partial charge is 0.307 e. The highest BCUT2D eigenvalue weighted by Gasteiger charge is 2.15. The van der Waals surface area contributed by atoms with Crippen molar-refractivity contribution in [3.8, 4) is 23.0 Å². The Morgan fingerprint density at radius 1 is 1.28 bits per heavy atom. The van der Waals surface area contributed by atoms with Crippen LogP contribution < -0.4 is 0 Å². The minimum Gasteiger partial charge on any atom is -0.307 e. The number of H-pyrrole nitrogens is 1. The standard InChI is InChI=1S/C18H13ClN6/c1-2-11-3-4-13(19)6-16(11)25-9-12(5-14(25)7-20)17-15-8-23-24-18(15)22-10-21-17/h3-6,8-10H,2H2,1H3,(H,21,22,23,24). The van der Waals surface area contributed by atoms with Crippen molar-refractivity contribution in [2.45, 2.75) is 13.3 Å². The lowest BCUT2D eigenvalue weighted by Crippen LogP contribution is -2.00. The van der Waals surface area contributed by atoms with Crippen molar-refractivity contribution in [1.29, 1.82) is 5.26 Å². The molecule has 0 fully saturated rings. The Balaban J connectivity index is 1.94. The number of aryl methyl sites for hydroxylation is 1. The highest BCUT2D eigenvalue weighted by atomic mass is 35.5. The van der Waals surface area contributed by atoms with Gasteiger partial charge in [-0.1, -0.05) is 24.6 Å². The summed E-state index contributed by atoms with van der Waals surface area (Å²) >= 11 is 6.18. The highest BCUT2D eigenvalue weighted by Crippen LogP contribution is 2.29. The number of nitrogens with one attached hydrogen (secondary N) is 1. The first-order valence-electron chi connectivity index (χ1n) is 7.77. The summed E-state index contributed by atoms with van der Waals surface area (Å²) in [5.74, 6) is 0. The van der Waals surface area contributed by atoms with Crippen LogP contribution in [0.1, 0.15) is 18.2 Å². The number of halogens is 1. The summed E-state index contributed by atoms with van der Waals surface area (Å²) in [6.45, 7) is 2.07. The average Bonchev–Trinajstić information content (AvgIpc) is 3.28. The summed E-state index contributed by atoms with van der Waals surface area (Å²) in [6, 6.07) is 9.78. The summed E-state index contributed by atoms with van der Waals surface area (Å²) < 4.78 is 1.86. The maximum atomic E-state index is 9.59. The van der Waals surface area contributed by atoms with Crippen molar-refractivity contribution >= 4 is 22.6 Å². The fourth-order valence-electron chi connectivity index (χ4n) is 2.93. The molecule has 0 spiro atoms. The Morgan fingerprint density at radius 3 is 2.96 bits per heavy atom. The second kappa shape index (κ2) is 6.04. The van der Waals surface area contributed by atoms with Gasteiger partial charge in [0.25, 0.3) is 0 Å². The van der Waals surface area contributed by atoms with E-state index in [2.05, 4.69) is 33.2 Å². The molecule has 0 radical (unpaired) electrons. The van der Waals surface area contributed by atoms with E-state index in [1.165, 1.54) is 6.33 Å². The normalized spacial score (nSPS) is 10.9. The molecule has 0 aliphatic rings. The minimum atomic E-state index is 0.516. The maximum Gasteiger partial charge on any atom is 0.159 e. The van der Waals surface area contributed by atoms with Crippen molar-refractivity contribution in [3.05, 3.63) is 59.3 Å². The molecule has 0 saturated heterocycles. The monoisotopic (exact) mass is 348 g/mol. The third-order valence-electron chi connectivity index (χ3n) is 4.14. The van der Waals surface area contributed by atoms with Crippen LogP contribution in [0.25, 0.3) is 28.0 Å². The van der Waals surface area contributed by atoms with Crippen molar-refractivity contribution in [1.82, 2.24) is 24.7 Å². The summed E-state index contributed by atoms with van der Waals surface area (Å²) in [5.41, 5.74) is 4.74. The SMILES string of the molecule is CCc1ccc(Cl)cc1-n1cc(-c2ncnc3[nH]ncc23)cc1C#N. The molecule has 3 aromatic heterocycles. The van der Waals surface area contributed by atoms with Gasteiger partial charge in [-0.2, -0.15) is 10.4 Å². The molecule has 0 saturated carbocycles. The summed E-state index contributed by atoms with van der Waals surface area (Å²) in [4.78, 5) is 8.53. The fourth-order valence-corrected chi connectivity index (χ4v) is 3.10. The first-order valence-corrected chi connectivity index (χ1v) is 8.14. The molecule has 0 aliphatic heterocycles. The lowest BCUT2D eigenvalue weighted by atomic mass is 10.1. The molecule has 7 heteroatoms. The van der Waals surface area contributed by atoms with Gasteiger partial charge < -0.3 is 4.57 Å². The number of nitriles is 1. The van der Waals surface area contributed by atoms with Crippen LogP contribution in [0.4, 0.5) is 0 Å². The van der Waals surface area contributed by atoms with Gasteiger partial charge in [-0.05, 0) is 30.2 Å². The van der Waals surface area contributed by atoms with Crippen molar-refractivity contribution in [2.24, 2.45) is 0 Å². The van der Waals surface area contributed by atoms with Gasteiger partial charge in [-0.3, -0.25) is 5.10 Å². The molecule has 3 heterocycles. The molecule has 0 amide bonds. The third-order valence-corrected chi connectivity index (χ3v) is 4.38. The van der Waals surface area contributed by atoms with Gasteiger partial charge in [0.15, 0.2) is 5.65 Å². The van der Waals surface area contributed by atoms with E-state index in [0.29, 0.717) is 16.4 Å². The van der Waals surface area contributed by atoms with Crippen LogP contribution in [0, 0.1) is 11.3 Å². The lowest BCUT2D eigenvalue weighted by Gasteiger charge is -2.11. The first-order chi connectivity index (χ1) is 12.2. The third kappa shape index (κ3) is 2.55. The molecule has 25 heavy (non-hydrogen) atoms. The second-order valence-electron chi connectivity index (χ2n) is 5.58. The number of hydrogen-bond donors (Lipinski definition) is 1. The minimum absolute atomic E-state index is 0.516. The van der Waals surface area contributed by atoms with E-state index in [-0.39, 0.29) is 0 Å². The number of benzene rings is 1. The van der Waals surface area contributed by atoms with Crippen LogP contribution in [0.15, 0.2) is 43.0 Å². The summed E-state index contributed by atoms with van der Waals surface area (Å²) in [6.07, 6.45) is 5.91. The molecule has 0 bridgehead atoms. The van der Waals surface area contributed by atoms with Gasteiger partial charge in [0, 0.05) is 16.8 Å². The van der Waals surface area contributed by atoms with Gasteiger partial charge in [0.1, 0.15) is 18.1 Å². The van der Waals surface area contributed by atoms with Crippen LogP contribution in [-0.2, 0) is 6.42 Å². The molecular formula is C18H13ClN6. The molecule has 0 atom stereocenters. The van der Waals surface area contributed by atoms with Gasteiger partial charge in [0.2, 0.25) is 0 Å². The zero-order valence-corrected chi connectivity index (χ0v) is 14.1. The number of aromatic nitrogens is 5. The van der Waals surface area contributed by atoms with Crippen molar-refractivity contribution in [3.63, 3.8) is 0 Å². The molecule has 1 aromatic carbocycles. The Morgan fingerprint density at radius 2 is 2.16 bits per heavy atom. The molecule has 4 rings (SSSR count). The molecule has 1 N–H and O–H groups in total. The van der Waals surface area contributed by atoms with E-state index in [9.17, 15) is 5.26 Å². The fraction of sp³-hybridized carbons (Fsp3) is 0.111. The van der Waals surface area contributed by atoms with Gasteiger partial charge in [-0.15, -0.1) is 0 Å². The van der Waals surface area contributed by atoms with Crippen LogP contribution in [-0.4, -0.2) is 24.7 Å². The Labute approximate surface area is 148 Å². The van der Waals surface area contributed by atoms with Crippen LogP contribution in [0.5, 0.6) is 0 Å². The molecule has 0 unspecified atom stereocenters. The second-order valence-corrected chi connectivity index (χ2v) is 6.01. The van der Waals surface area contributed by atoms with Crippen LogP contribution >= 0.6 is 11.6 Å². The summed E-state index contributed by atoms with van der Waals surface area (Å²) in [7, 11) is 0. The number of aromatic amines is 1. The molecule has 0 aliphatic carbocycles. The highest BCUT2D eigenvalue weighted by molar-refractivity contribution is 6.30. The Kier molecular flexibility index (Phi) is 3.71. The van der Waals surface area contributed by atoms with E-state index < -0.39 is 0 Å². The van der Waals surface area contributed by atoms with E-state index in [4.69, 9.17) is 11.6 Å². The van der Waals surface area contributed by atoms with Gasteiger partial charge in [-0.25, -0.2) is 9.97 Å². The Bertz CT molecular complexity index is 1120. The summed E-state index contributed by atoms with van der Waals surface area (Å²) in [5, 5.41) is 17.9. The number of nitrogens with zero attached hydrogens (tertiary/aromatic N) is 5. The topological polar surface area (TPSA) is 83.2 Å². The average molecular weight is 349 g/mol. The number of hydrogen-bond acceptors (Lipinski definition) is 4. The van der Waals surface area contributed by atoms with Crippen LogP contribution in [0.2, 0.25) is 5.02 Å². The zero-order valence-electron chi connectivity index (χ0n) is 13.4. The molecule has 4 aromatic rings. The van der Waals surface area contributed by atoms with E-state index in [1.54, 1.807) is 6.20 Å². The van der Waals surface area contributed by atoms with Crippen molar-refractivity contribution in [2.75, 3.05) is 0 Å². The maximum absolute atomic E-state index is 9.59. The van der Waals surface area contributed by atoms with Gasteiger partial charge >= 0.3 is 0 Å². The Hall–Kier alpha value is -3.17. The first kappa shape index (κ1) is 15.4. The van der Waals surface area contributed by atoms with Crippen molar-refractivity contribution < 1.29 is 0 Å². The zero-order chi connectivity index (χ0) is 17.4. The molecular weight excluding hydrogens is 336 g/mol. The van der Waals surface area contributed by atoms with Gasteiger partial charge in [0.05, 0.1) is 23.0 Å².